The Kier molecular flexibility index (Phi) is 6.09. The maximum absolute atomic E-state index is 6.29. The van der Waals surface area contributed by atoms with Crippen molar-refractivity contribution in [2.45, 2.75) is 32.7 Å². The molecule has 2 rings (SSSR count). The fourth-order valence-electron chi connectivity index (χ4n) is 2.41. The highest BCUT2D eigenvalue weighted by atomic mass is 35.5. The van der Waals surface area contributed by atoms with Crippen LogP contribution in [0.25, 0.3) is 0 Å². The van der Waals surface area contributed by atoms with Gasteiger partial charge >= 0.3 is 0 Å². The number of ether oxygens (including phenoxy) is 1. The zero-order valence-electron chi connectivity index (χ0n) is 12.8. The van der Waals surface area contributed by atoms with E-state index < -0.39 is 0 Å². The topological polar surface area (TPSA) is 21.3 Å². The molecule has 1 N–H and O–H groups in total. The lowest BCUT2D eigenvalue weighted by Crippen LogP contribution is -2.23. The summed E-state index contributed by atoms with van der Waals surface area (Å²) in [4.78, 5) is 1.38. The van der Waals surface area contributed by atoms with E-state index in [1.165, 1.54) is 16.0 Å². The Morgan fingerprint density at radius 1 is 1.29 bits per heavy atom. The van der Waals surface area contributed by atoms with E-state index in [0.717, 1.165) is 25.1 Å². The minimum Gasteiger partial charge on any atom is -0.495 e. The second-order valence-electron chi connectivity index (χ2n) is 4.94. The minimum absolute atomic E-state index is 0.198. The van der Waals surface area contributed by atoms with Crippen molar-refractivity contribution in [3.05, 3.63) is 50.7 Å². The minimum atomic E-state index is 0.198. The van der Waals surface area contributed by atoms with Crippen molar-refractivity contribution in [1.82, 2.24) is 5.32 Å². The van der Waals surface area contributed by atoms with Gasteiger partial charge < -0.3 is 10.1 Å². The maximum Gasteiger partial charge on any atom is 0.137 e. The predicted molar refractivity (Wildman–Crippen MR) is 91.8 cm³/mol. The predicted octanol–water partition coefficient (Wildman–Crippen LogP) is 5.06. The first-order valence-corrected chi connectivity index (χ1v) is 8.60. The third-order valence-corrected chi connectivity index (χ3v) is 4.85. The molecule has 0 fully saturated rings. The molecule has 0 saturated carbocycles. The van der Waals surface area contributed by atoms with Gasteiger partial charge in [-0.15, -0.1) is 11.3 Å². The highest BCUT2D eigenvalue weighted by Crippen LogP contribution is 2.34. The Balaban J connectivity index is 2.38. The van der Waals surface area contributed by atoms with Crippen molar-refractivity contribution in [3.8, 4) is 5.75 Å². The number of methoxy groups -OCH3 is 1. The molecule has 4 heteroatoms. The SMILES string of the molecule is CCCNC(c1ccc(OC)c(Cl)c1)c1sccc1CC. The van der Waals surface area contributed by atoms with Crippen molar-refractivity contribution in [2.24, 2.45) is 0 Å². The van der Waals surface area contributed by atoms with Gasteiger partial charge in [-0.25, -0.2) is 0 Å². The number of rotatable bonds is 7. The Bertz CT molecular complexity index is 582. The first-order chi connectivity index (χ1) is 10.2. The summed E-state index contributed by atoms with van der Waals surface area (Å²) in [7, 11) is 1.64. The molecule has 0 saturated heterocycles. The second kappa shape index (κ2) is 7.83. The summed E-state index contributed by atoms with van der Waals surface area (Å²) in [5, 5.41) is 6.47. The Morgan fingerprint density at radius 3 is 2.71 bits per heavy atom. The normalized spacial score (nSPS) is 12.4. The molecule has 2 aromatic rings. The Morgan fingerprint density at radius 2 is 2.10 bits per heavy atom. The van der Waals surface area contributed by atoms with Crippen molar-refractivity contribution in [2.75, 3.05) is 13.7 Å². The third kappa shape index (κ3) is 3.79. The van der Waals surface area contributed by atoms with Crippen LogP contribution in [-0.4, -0.2) is 13.7 Å². The van der Waals surface area contributed by atoms with Gasteiger partial charge in [-0.05, 0) is 54.1 Å². The van der Waals surface area contributed by atoms with Gasteiger partial charge in [0.1, 0.15) is 5.75 Å². The number of benzene rings is 1. The van der Waals surface area contributed by atoms with E-state index >= 15 is 0 Å². The third-order valence-electron chi connectivity index (χ3n) is 3.53. The summed E-state index contributed by atoms with van der Waals surface area (Å²) in [6, 6.07) is 8.45. The van der Waals surface area contributed by atoms with Gasteiger partial charge in [0.2, 0.25) is 0 Å². The van der Waals surface area contributed by atoms with Gasteiger partial charge in [0.15, 0.2) is 0 Å². The molecule has 0 aliphatic rings. The van der Waals surface area contributed by atoms with E-state index in [2.05, 4.69) is 36.7 Å². The first kappa shape index (κ1) is 16.3. The van der Waals surface area contributed by atoms with E-state index in [1.54, 1.807) is 18.4 Å². The molecule has 21 heavy (non-hydrogen) atoms. The van der Waals surface area contributed by atoms with Crippen LogP contribution < -0.4 is 10.1 Å². The van der Waals surface area contributed by atoms with Crippen molar-refractivity contribution in [1.29, 1.82) is 0 Å². The summed E-state index contributed by atoms with van der Waals surface area (Å²) in [5.74, 6) is 0.719. The molecule has 1 unspecified atom stereocenters. The Labute approximate surface area is 136 Å². The lowest BCUT2D eigenvalue weighted by molar-refractivity contribution is 0.414. The summed E-state index contributed by atoms with van der Waals surface area (Å²) >= 11 is 8.10. The van der Waals surface area contributed by atoms with Crippen molar-refractivity contribution in [3.63, 3.8) is 0 Å². The van der Waals surface area contributed by atoms with Gasteiger partial charge in [0, 0.05) is 4.88 Å². The van der Waals surface area contributed by atoms with Gasteiger partial charge in [-0.1, -0.05) is 31.5 Å². The molecule has 0 bridgehead atoms. The largest absolute Gasteiger partial charge is 0.495 e. The molecule has 1 heterocycles. The fraction of sp³-hybridized carbons (Fsp3) is 0.412. The smallest absolute Gasteiger partial charge is 0.137 e. The average molecular weight is 324 g/mol. The molecule has 1 aromatic carbocycles. The molecule has 0 aliphatic carbocycles. The van der Waals surface area contributed by atoms with Crippen LogP contribution in [0.5, 0.6) is 5.75 Å². The number of nitrogens with one attached hydrogen (secondary N) is 1. The van der Waals surface area contributed by atoms with Crippen molar-refractivity contribution < 1.29 is 4.74 Å². The Hall–Kier alpha value is -1.03. The summed E-state index contributed by atoms with van der Waals surface area (Å²) in [6.45, 7) is 5.36. The highest BCUT2D eigenvalue weighted by Gasteiger charge is 2.18. The monoisotopic (exact) mass is 323 g/mol. The number of hydrogen-bond acceptors (Lipinski definition) is 3. The van der Waals surface area contributed by atoms with Crippen molar-refractivity contribution >= 4 is 22.9 Å². The zero-order chi connectivity index (χ0) is 15.2. The number of hydrogen-bond donors (Lipinski definition) is 1. The van der Waals surface area contributed by atoms with Gasteiger partial charge in [0.25, 0.3) is 0 Å². The highest BCUT2D eigenvalue weighted by molar-refractivity contribution is 7.10. The summed E-state index contributed by atoms with van der Waals surface area (Å²) in [6.07, 6.45) is 2.15. The quantitative estimate of drug-likeness (QED) is 0.768. The van der Waals surface area contributed by atoms with E-state index in [9.17, 15) is 0 Å². The number of halogens is 1. The van der Waals surface area contributed by atoms with Crippen LogP contribution in [0.2, 0.25) is 5.02 Å². The van der Waals surface area contributed by atoms with Crippen LogP contribution in [0.4, 0.5) is 0 Å². The maximum atomic E-state index is 6.29. The average Bonchev–Trinajstić information content (AvgIpc) is 2.96. The molecule has 0 spiro atoms. The van der Waals surface area contributed by atoms with Crippen LogP contribution in [-0.2, 0) is 6.42 Å². The molecule has 1 aromatic heterocycles. The van der Waals surface area contributed by atoms with E-state index in [1.807, 2.05) is 12.1 Å². The second-order valence-corrected chi connectivity index (χ2v) is 6.30. The standard InChI is InChI=1S/C17H22ClNOS/c1-4-9-19-16(17-12(5-2)8-10-21-17)13-6-7-15(20-3)14(18)11-13/h6-8,10-11,16,19H,4-5,9H2,1-3H3. The molecule has 2 nitrogen and oxygen atoms in total. The van der Waals surface area contributed by atoms with E-state index in [0.29, 0.717) is 5.02 Å². The van der Waals surface area contributed by atoms with Gasteiger partial charge in [-0.3, -0.25) is 0 Å². The molecular formula is C17H22ClNOS. The zero-order valence-corrected chi connectivity index (χ0v) is 14.4. The van der Waals surface area contributed by atoms with E-state index in [-0.39, 0.29) is 6.04 Å². The summed E-state index contributed by atoms with van der Waals surface area (Å²) in [5.41, 5.74) is 2.59. The molecule has 114 valence electrons. The molecule has 1 atom stereocenters. The van der Waals surface area contributed by atoms with Gasteiger partial charge in [0.05, 0.1) is 18.2 Å². The first-order valence-electron chi connectivity index (χ1n) is 7.34. The lowest BCUT2D eigenvalue weighted by atomic mass is 10.0. The van der Waals surface area contributed by atoms with Crippen LogP contribution in [0, 0.1) is 0 Å². The van der Waals surface area contributed by atoms with Crippen LogP contribution in [0.1, 0.15) is 42.3 Å². The lowest BCUT2D eigenvalue weighted by Gasteiger charge is -2.20. The summed E-state index contributed by atoms with van der Waals surface area (Å²) < 4.78 is 5.25. The van der Waals surface area contributed by atoms with Crippen LogP contribution in [0.3, 0.4) is 0 Å². The van der Waals surface area contributed by atoms with Crippen LogP contribution in [0.15, 0.2) is 29.6 Å². The number of aryl methyl sites for hydroxylation is 1. The number of thiophene rings is 1. The van der Waals surface area contributed by atoms with Crippen LogP contribution >= 0.6 is 22.9 Å². The molecule has 0 radical (unpaired) electrons. The molecular weight excluding hydrogens is 302 g/mol. The van der Waals surface area contributed by atoms with Gasteiger partial charge in [-0.2, -0.15) is 0 Å². The molecule has 0 amide bonds. The molecule has 0 aliphatic heterocycles. The van der Waals surface area contributed by atoms with E-state index in [4.69, 9.17) is 16.3 Å². The fourth-order valence-corrected chi connectivity index (χ4v) is 3.77.